The number of carbonyl (C=O) groups excluding carboxylic acids is 2. The van der Waals surface area contributed by atoms with Gasteiger partial charge in [-0.1, -0.05) is 0 Å². The summed E-state index contributed by atoms with van der Waals surface area (Å²) < 4.78 is 7.01. The summed E-state index contributed by atoms with van der Waals surface area (Å²) in [6.07, 6.45) is -2.81. The topological polar surface area (TPSA) is 94.9 Å². The molecule has 0 aliphatic heterocycles. The third-order valence-electron chi connectivity index (χ3n) is 0.796. The van der Waals surface area contributed by atoms with E-state index >= 15 is 0 Å². The molecule has 0 saturated carbocycles. The summed E-state index contributed by atoms with van der Waals surface area (Å²) in [5.41, 5.74) is 0. The Morgan fingerprint density at radius 2 is 0.704 bits per heavy atom. The lowest BCUT2D eigenvalue weighted by Crippen LogP contribution is -2.22. The van der Waals surface area contributed by atoms with Gasteiger partial charge in [0.25, 0.3) is 0 Å². The molecule has 0 bridgehead atoms. The largest absolute Gasteiger partial charge is 0.515 e. The van der Waals surface area contributed by atoms with Crippen molar-refractivity contribution in [1.82, 2.24) is 0 Å². The van der Waals surface area contributed by atoms with Gasteiger partial charge >= 0.3 is 28.2 Å². The normalized spacial score (nSPS) is 11.4. The van der Waals surface area contributed by atoms with Crippen molar-refractivity contribution in [3.8, 4) is 6.07 Å². The number of nitriles is 1. The molecular weight excluding hydrogens is 632 g/mol. The van der Waals surface area contributed by atoms with Crippen LogP contribution in [0, 0.1) is 11.3 Å². The average molecular weight is 635 g/mol. The minimum atomic E-state index is -2.24. The molecule has 0 radical (unpaired) electrons. The maximum Gasteiger partial charge on any atom is 0.515 e. The third-order valence-corrected chi connectivity index (χ3v) is 1.72. The fourth-order valence-corrected chi connectivity index (χ4v) is 1.18. The second-order valence-corrected chi connectivity index (χ2v) is 11.6. The van der Waals surface area contributed by atoms with Gasteiger partial charge in [-0.2, -0.15) is 5.26 Å². The predicted octanol–water partition coefficient (Wildman–Crippen LogP) is 8.12. The first kappa shape index (κ1) is 33.2. The Morgan fingerprint density at radius 1 is 0.593 bits per heavy atom. The van der Waals surface area contributed by atoms with Crippen molar-refractivity contribution < 1.29 is 28.5 Å². The maximum atomic E-state index is 10.5. The summed E-state index contributed by atoms with van der Waals surface area (Å²) in [6.45, 7) is 1.43. The molecule has 0 aromatic rings. The Kier molecular flexibility index (Phi) is 17.8. The van der Waals surface area contributed by atoms with E-state index in [1.165, 1.54) is 6.92 Å². The van der Waals surface area contributed by atoms with Crippen LogP contribution in [0.25, 0.3) is 0 Å². The summed E-state index contributed by atoms with van der Waals surface area (Å²) in [5.74, 6) is 0. The standard InChI is InChI=1S/2C3Cl6O3.C2H3N/c2*4-2(5,6)11-1(10)12-3(7,8)9;1-2-3/h;;1H3. The van der Waals surface area contributed by atoms with Gasteiger partial charge in [-0.15, -0.1) is 0 Å². The van der Waals surface area contributed by atoms with Crippen molar-refractivity contribution in [2.45, 2.75) is 22.8 Å². The molecule has 0 aromatic heterocycles. The zero-order valence-corrected chi connectivity index (χ0v) is 21.0. The lowest BCUT2D eigenvalue weighted by atomic mass is 11.0. The number of hydrogen-bond donors (Lipinski definition) is 0. The quantitative estimate of drug-likeness (QED) is 0.196. The highest BCUT2D eigenvalue weighted by Crippen LogP contribution is 2.33. The van der Waals surface area contributed by atoms with E-state index in [0.29, 0.717) is 0 Å². The molecule has 0 unspecified atom stereocenters. The number of ether oxygens (including phenoxy) is 4. The summed E-state index contributed by atoms with van der Waals surface area (Å²) in [4.78, 5) is 21.0. The number of alkyl halides is 12. The summed E-state index contributed by atoms with van der Waals surface area (Å²) in [7, 11) is 0. The molecule has 0 fully saturated rings. The number of rotatable bonds is 0. The molecule has 0 aliphatic carbocycles. The van der Waals surface area contributed by atoms with Gasteiger partial charge in [0.2, 0.25) is 0 Å². The van der Waals surface area contributed by atoms with Crippen LogP contribution in [0.1, 0.15) is 6.92 Å². The summed E-state index contributed by atoms with van der Waals surface area (Å²) in [6, 6.07) is 1.75. The van der Waals surface area contributed by atoms with E-state index in [1.54, 1.807) is 6.07 Å². The minimum absolute atomic E-state index is 1.41. The van der Waals surface area contributed by atoms with Crippen LogP contribution >= 0.6 is 139 Å². The Labute approximate surface area is 212 Å². The number of hydrogen-bond acceptors (Lipinski definition) is 7. The zero-order chi connectivity index (χ0) is 22.7. The Hall–Kier alpha value is 1.51. The van der Waals surface area contributed by atoms with E-state index in [9.17, 15) is 9.59 Å². The molecular formula is C8H3Cl12NO6. The Bertz CT molecular complexity index is 422. The Balaban J connectivity index is -0.000000372. The molecule has 19 heteroatoms. The Morgan fingerprint density at radius 3 is 0.778 bits per heavy atom. The van der Waals surface area contributed by atoms with Crippen LogP contribution in [0.2, 0.25) is 0 Å². The van der Waals surface area contributed by atoms with Crippen molar-refractivity contribution in [2.24, 2.45) is 0 Å². The summed E-state index contributed by atoms with van der Waals surface area (Å²) >= 11 is 60.4. The van der Waals surface area contributed by atoms with Crippen LogP contribution in [0.3, 0.4) is 0 Å². The molecule has 0 saturated heterocycles. The van der Waals surface area contributed by atoms with E-state index in [-0.39, 0.29) is 0 Å². The first-order valence-corrected chi connectivity index (χ1v) is 9.57. The molecule has 160 valence electrons. The van der Waals surface area contributed by atoms with Gasteiger partial charge < -0.3 is 18.9 Å². The number of nitrogens with zero attached hydrogens (tertiary/aromatic N) is 1. The van der Waals surface area contributed by atoms with Crippen molar-refractivity contribution in [2.75, 3.05) is 0 Å². The van der Waals surface area contributed by atoms with Crippen molar-refractivity contribution >= 4 is 152 Å². The molecule has 7 nitrogen and oxygen atoms in total. The molecule has 0 N–H and O–H groups in total. The lowest BCUT2D eigenvalue weighted by Gasteiger charge is -2.15. The smallest absolute Gasteiger partial charge is 0.382 e. The number of halogens is 12. The van der Waals surface area contributed by atoms with E-state index in [4.69, 9.17) is 144 Å². The maximum absolute atomic E-state index is 10.5. The molecule has 0 amide bonds. The van der Waals surface area contributed by atoms with E-state index in [2.05, 4.69) is 18.9 Å². The SMILES string of the molecule is CC#N.O=C(OC(Cl)(Cl)Cl)OC(Cl)(Cl)Cl.O=C(OC(Cl)(Cl)Cl)OC(Cl)(Cl)Cl. The van der Waals surface area contributed by atoms with Crippen LogP contribution < -0.4 is 0 Å². The molecule has 0 rings (SSSR count). The van der Waals surface area contributed by atoms with Gasteiger partial charge in [0.1, 0.15) is 0 Å². The van der Waals surface area contributed by atoms with Crippen molar-refractivity contribution in [3.63, 3.8) is 0 Å². The first-order chi connectivity index (χ1) is 11.6. The van der Waals surface area contributed by atoms with E-state index in [0.717, 1.165) is 0 Å². The molecule has 0 atom stereocenters. The van der Waals surface area contributed by atoms with Crippen LogP contribution in [-0.2, 0) is 18.9 Å². The van der Waals surface area contributed by atoms with Gasteiger partial charge in [0, 0.05) is 6.92 Å². The zero-order valence-electron chi connectivity index (χ0n) is 11.9. The van der Waals surface area contributed by atoms with E-state index < -0.39 is 28.2 Å². The van der Waals surface area contributed by atoms with Crippen molar-refractivity contribution in [1.29, 1.82) is 5.26 Å². The van der Waals surface area contributed by atoms with Gasteiger partial charge in [0.05, 0.1) is 6.07 Å². The first-order valence-electron chi connectivity index (χ1n) is 5.03. The second kappa shape index (κ2) is 14.5. The molecule has 0 heterocycles. The van der Waals surface area contributed by atoms with Crippen LogP contribution in [0.5, 0.6) is 0 Å². The van der Waals surface area contributed by atoms with Gasteiger partial charge in [-0.25, -0.2) is 9.59 Å². The lowest BCUT2D eigenvalue weighted by molar-refractivity contribution is 0.0497. The number of carbonyl (C=O) groups is 2. The molecule has 27 heavy (non-hydrogen) atoms. The molecule has 0 aliphatic rings. The van der Waals surface area contributed by atoms with Crippen LogP contribution in [0.4, 0.5) is 9.59 Å². The highest BCUT2D eigenvalue weighted by Gasteiger charge is 2.33. The van der Waals surface area contributed by atoms with Gasteiger partial charge in [-0.05, 0) is 139 Å². The second-order valence-electron chi connectivity index (χ2n) is 2.91. The molecule has 0 aromatic carbocycles. The minimum Gasteiger partial charge on any atom is -0.382 e. The highest BCUT2D eigenvalue weighted by molar-refractivity contribution is 6.68. The third kappa shape index (κ3) is 38.7. The summed E-state index contributed by atoms with van der Waals surface area (Å²) in [5, 5.41) is 7.32. The highest BCUT2D eigenvalue weighted by atomic mass is 35.6. The van der Waals surface area contributed by atoms with Crippen molar-refractivity contribution in [3.05, 3.63) is 0 Å². The van der Waals surface area contributed by atoms with Gasteiger partial charge in [-0.3, -0.25) is 0 Å². The monoisotopic (exact) mass is 629 g/mol. The fraction of sp³-hybridized carbons (Fsp3) is 0.625. The average Bonchev–Trinajstić information content (AvgIpc) is 2.17. The van der Waals surface area contributed by atoms with Crippen LogP contribution in [-0.4, -0.2) is 28.2 Å². The predicted molar refractivity (Wildman–Crippen MR) is 108 cm³/mol. The van der Waals surface area contributed by atoms with E-state index in [1.807, 2.05) is 0 Å². The van der Waals surface area contributed by atoms with Gasteiger partial charge in [0.15, 0.2) is 0 Å². The van der Waals surface area contributed by atoms with Crippen LogP contribution in [0.15, 0.2) is 0 Å². The fourth-order valence-electron chi connectivity index (χ4n) is 0.420. The molecule has 0 spiro atoms.